The Labute approximate surface area is 105 Å². The van der Waals surface area contributed by atoms with Crippen LogP contribution in [0.25, 0.3) is 0 Å². The largest absolute Gasteiger partial charge is 0.126 e. The maximum Gasteiger partial charge on any atom is 0.0257 e. The highest BCUT2D eigenvalue weighted by molar-refractivity contribution is 6.18. The molecule has 0 aliphatic rings. The maximum atomic E-state index is 6.12. The molecule has 0 aromatic heterocycles. The zero-order valence-corrected chi connectivity index (χ0v) is 11.4. The molecule has 0 saturated heterocycles. The Bertz CT molecular complexity index is 302. The number of rotatable bonds is 6. The summed E-state index contributed by atoms with van der Waals surface area (Å²) in [4.78, 5) is 0. The Morgan fingerprint density at radius 1 is 1.06 bits per heavy atom. The zero-order valence-electron chi connectivity index (χ0n) is 10.7. The van der Waals surface area contributed by atoms with Crippen LogP contribution in [0.2, 0.25) is 0 Å². The van der Waals surface area contributed by atoms with Crippen LogP contribution in [0.4, 0.5) is 0 Å². The fraction of sp³-hybridized carbons (Fsp3) is 0.600. The predicted octanol–water partition coefficient (Wildman–Crippen LogP) is 4.83. The fourth-order valence-electron chi connectivity index (χ4n) is 2.42. The molecule has 0 heterocycles. The molecule has 0 nitrogen and oxygen atoms in total. The van der Waals surface area contributed by atoms with Gasteiger partial charge < -0.3 is 0 Å². The summed E-state index contributed by atoms with van der Waals surface area (Å²) in [6.07, 6.45) is 3.60. The van der Waals surface area contributed by atoms with Crippen molar-refractivity contribution in [1.82, 2.24) is 0 Å². The first-order valence-corrected chi connectivity index (χ1v) is 6.86. The summed E-state index contributed by atoms with van der Waals surface area (Å²) in [5, 5.41) is 0. The van der Waals surface area contributed by atoms with Crippen molar-refractivity contribution >= 4 is 11.6 Å². The Balaban J connectivity index is 2.73. The number of hydrogen-bond donors (Lipinski definition) is 0. The molecule has 0 aliphatic carbocycles. The van der Waals surface area contributed by atoms with Gasteiger partial charge in [-0.15, -0.1) is 11.6 Å². The SMILES string of the molecule is CCC(CC)C(CCl)Cc1ccccc1C. The smallest absolute Gasteiger partial charge is 0.0257 e. The van der Waals surface area contributed by atoms with Gasteiger partial charge in [0.1, 0.15) is 0 Å². The van der Waals surface area contributed by atoms with Crippen LogP contribution in [0.5, 0.6) is 0 Å². The minimum atomic E-state index is 0.623. The number of alkyl halides is 1. The highest BCUT2D eigenvalue weighted by atomic mass is 35.5. The first-order chi connectivity index (χ1) is 7.72. The molecule has 1 heteroatoms. The van der Waals surface area contributed by atoms with Crippen molar-refractivity contribution in [2.75, 3.05) is 5.88 Å². The number of benzene rings is 1. The van der Waals surface area contributed by atoms with E-state index in [1.807, 2.05) is 0 Å². The standard InChI is InChI=1S/C15H23Cl/c1-4-13(5-2)15(11-16)10-14-9-7-6-8-12(14)3/h6-9,13,15H,4-5,10-11H2,1-3H3. The summed E-state index contributed by atoms with van der Waals surface area (Å²) < 4.78 is 0. The van der Waals surface area contributed by atoms with Gasteiger partial charge in [-0.1, -0.05) is 51.0 Å². The van der Waals surface area contributed by atoms with Gasteiger partial charge in [-0.2, -0.15) is 0 Å². The Kier molecular flexibility index (Phi) is 5.90. The Hall–Kier alpha value is -0.490. The third-order valence-electron chi connectivity index (χ3n) is 3.66. The lowest BCUT2D eigenvalue weighted by Gasteiger charge is -2.23. The van der Waals surface area contributed by atoms with Crippen molar-refractivity contribution in [3.05, 3.63) is 35.4 Å². The van der Waals surface area contributed by atoms with Gasteiger partial charge in [-0.25, -0.2) is 0 Å². The van der Waals surface area contributed by atoms with Gasteiger partial charge in [0.05, 0.1) is 0 Å². The molecule has 1 atom stereocenters. The second kappa shape index (κ2) is 6.96. The van der Waals surface area contributed by atoms with E-state index in [2.05, 4.69) is 45.0 Å². The summed E-state index contributed by atoms with van der Waals surface area (Å²) in [6.45, 7) is 6.73. The number of aryl methyl sites for hydroxylation is 1. The fourth-order valence-corrected chi connectivity index (χ4v) is 2.79. The van der Waals surface area contributed by atoms with Gasteiger partial charge in [-0.3, -0.25) is 0 Å². The monoisotopic (exact) mass is 238 g/mol. The molecule has 16 heavy (non-hydrogen) atoms. The van der Waals surface area contributed by atoms with E-state index in [9.17, 15) is 0 Å². The average molecular weight is 239 g/mol. The Morgan fingerprint density at radius 3 is 2.19 bits per heavy atom. The van der Waals surface area contributed by atoms with E-state index in [-0.39, 0.29) is 0 Å². The molecule has 1 aromatic carbocycles. The lowest BCUT2D eigenvalue weighted by atomic mass is 9.84. The van der Waals surface area contributed by atoms with Gasteiger partial charge in [-0.05, 0) is 36.3 Å². The third kappa shape index (κ3) is 3.52. The third-order valence-corrected chi connectivity index (χ3v) is 4.05. The molecule has 0 N–H and O–H groups in total. The van der Waals surface area contributed by atoms with Crippen molar-refractivity contribution in [2.24, 2.45) is 11.8 Å². The number of hydrogen-bond acceptors (Lipinski definition) is 0. The minimum Gasteiger partial charge on any atom is -0.126 e. The van der Waals surface area contributed by atoms with E-state index in [4.69, 9.17) is 11.6 Å². The second-order valence-electron chi connectivity index (χ2n) is 4.62. The van der Waals surface area contributed by atoms with E-state index in [0.29, 0.717) is 5.92 Å². The van der Waals surface area contributed by atoms with Crippen molar-refractivity contribution in [1.29, 1.82) is 0 Å². The minimum absolute atomic E-state index is 0.623. The molecule has 90 valence electrons. The van der Waals surface area contributed by atoms with E-state index < -0.39 is 0 Å². The maximum absolute atomic E-state index is 6.12. The topological polar surface area (TPSA) is 0 Å². The van der Waals surface area contributed by atoms with Crippen molar-refractivity contribution in [2.45, 2.75) is 40.0 Å². The molecule has 0 bridgehead atoms. The van der Waals surface area contributed by atoms with E-state index in [1.165, 1.54) is 24.0 Å². The molecule has 0 amide bonds. The molecular weight excluding hydrogens is 216 g/mol. The molecule has 0 radical (unpaired) electrons. The lowest BCUT2D eigenvalue weighted by Crippen LogP contribution is -2.18. The molecule has 0 aliphatic heterocycles. The highest BCUT2D eigenvalue weighted by Crippen LogP contribution is 2.25. The van der Waals surface area contributed by atoms with Crippen LogP contribution in [0, 0.1) is 18.8 Å². The predicted molar refractivity (Wildman–Crippen MR) is 73.2 cm³/mol. The summed E-state index contributed by atoms with van der Waals surface area (Å²) in [5.41, 5.74) is 2.85. The van der Waals surface area contributed by atoms with Gasteiger partial charge in [0.25, 0.3) is 0 Å². The molecular formula is C15H23Cl. The summed E-state index contributed by atoms with van der Waals surface area (Å²) in [7, 11) is 0. The van der Waals surface area contributed by atoms with Gasteiger partial charge in [0, 0.05) is 5.88 Å². The van der Waals surface area contributed by atoms with Crippen molar-refractivity contribution in [3.8, 4) is 0 Å². The molecule has 0 spiro atoms. The second-order valence-corrected chi connectivity index (χ2v) is 4.93. The number of halogens is 1. The molecule has 1 aromatic rings. The van der Waals surface area contributed by atoms with Crippen molar-refractivity contribution < 1.29 is 0 Å². The van der Waals surface area contributed by atoms with Crippen LogP contribution in [0.15, 0.2) is 24.3 Å². The van der Waals surface area contributed by atoms with Crippen LogP contribution in [-0.2, 0) is 6.42 Å². The molecule has 1 unspecified atom stereocenters. The van der Waals surface area contributed by atoms with Gasteiger partial charge in [0.15, 0.2) is 0 Å². The summed E-state index contributed by atoms with van der Waals surface area (Å²) in [6, 6.07) is 8.65. The molecule has 1 rings (SSSR count). The average Bonchev–Trinajstić information content (AvgIpc) is 2.31. The normalized spacial score (nSPS) is 13.1. The van der Waals surface area contributed by atoms with Gasteiger partial charge in [0.2, 0.25) is 0 Å². The quantitative estimate of drug-likeness (QED) is 0.623. The van der Waals surface area contributed by atoms with Crippen LogP contribution >= 0.6 is 11.6 Å². The van der Waals surface area contributed by atoms with Crippen molar-refractivity contribution in [3.63, 3.8) is 0 Å². The molecule has 0 saturated carbocycles. The van der Waals surface area contributed by atoms with Crippen LogP contribution in [0.1, 0.15) is 37.8 Å². The highest BCUT2D eigenvalue weighted by Gasteiger charge is 2.18. The van der Waals surface area contributed by atoms with Crippen LogP contribution < -0.4 is 0 Å². The summed E-state index contributed by atoms with van der Waals surface area (Å²) >= 11 is 6.12. The van der Waals surface area contributed by atoms with Gasteiger partial charge >= 0.3 is 0 Å². The zero-order chi connectivity index (χ0) is 12.0. The Morgan fingerprint density at radius 2 is 1.69 bits per heavy atom. The van der Waals surface area contributed by atoms with E-state index >= 15 is 0 Å². The van der Waals surface area contributed by atoms with Crippen LogP contribution in [0.3, 0.4) is 0 Å². The summed E-state index contributed by atoms with van der Waals surface area (Å²) in [5.74, 6) is 2.16. The van der Waals surface area contributed by atoms with E-state index in [1.54, 1.807) is 0 Å². The molecule has 0 fully saturated rings. The van der Waals surface area contributed by atoms with Crippen LogP contribution in [-0.4, -0.2) is 5.88 Å². The lowest BCUT2D eigenvalue weighted by molar-refractivity contribution is 0.338. The first-order valence-electron chi connectivity index (χ1n) is 6.33. The van der Waals surface area contributed by atoms with E-state index in [0.717, 1.165) is 18.2 Å². The first kappa shape index (κ1) is 13.6.